The number of benzene rings is 2. The Bertz CT molecular complexity index is 554. The zero-order valence-corrected chi connectivity index (χ0v) is 13.2. The normalized spacial score (nSPS) is 12.3. The molecule has 0 aliphatic carbocycles. The number of hydrogen-bond donors (Lipinski definition) is 2. The van der Waals surface area contributed by atoms with Crippen LogP contribution >= 0.6 is 0 Å². The first kappa shape index (κ1) is 15.6. The molecule has 0 aromatic heterocycles. The predicted octanol–water partition coefficient (Wildman–Crippen LogP) is 4.12. The number of phenols is 1. The number of rotatable bonds is 6. The maximum absolute atomic E-state index is 9.28. The highest BCUT2D eigenvalue weighted by Crippen LogP contribution is 2.14. The number of nitrogens with one attached hydrogen (secondary N) is 1. The first-order chi connectivity index (χ1) is 10.1. The third kappa shape index (κ3) is 4.61. The molecule has 2 aromatic carbocycles. The van der Waals surface area contributed by atoms with Crippen LogP contribution in [-0.2, 0) is 13.0 Å². The standard InChI is InChI=1S/C19H25NO/c1-14-5-4-6-15(2)19(14)13-20-16(3)7-8-17-9-11-18(21)12-10-17/h4-6,9-12,16,20-21H,7-8,13H2,1-3H3. The lowest BCUT2D eigenvalue weighted by Gasteiger charge is -2.16. The van der Waals surface area contributed by atoms with Gasteiger partial charge in [-0.25, -0.2) is 0 Å². The number of aryl methyl sites for hydroxylation is 3. The van der Waals surface area contributed by atoms with Crippen LogP contribution in [0.2, 0.25) is 0 Å². The second kappa shape index (κ2) is 7.28. The summed E-state index contributed by atoms with van der Waals surface area (Å²) in [4.78, 5) is 0. The SMILES string of the molecule is Cc1cccc(C)c1CNC(C)CCc1ccc(O)cc1. The van der Waals surface area contributed by atoms with Crippen LogP contribution in [0.25, 0.3) is 0 Å². The Kier molecular flexibility index (Phi) is 5.40. The molecular weight excluding hydrogens is 258 g/mol. The number of hydrogen-bond acceptors (Lipinski definition) is 2. The highest BCUT2D eigenvalue weighted by molar-refractivity contribution is 5.33. The van der Waals surface area contributed by atoms with Crippen molar-refractivity contribution in [2.45, 2.75) is 46.2 Å². The van der Waals surface area contributed by atoms with Crippen LogP contribution in [0.15, 0.2) is 42.5 Å². The molecule has 1 unspecified atom stereocenters. The smallest absolute Gasteiger partial charge is 0.115 e. The average Bonchev–Trinajstić information content (AvgIpc) is 2.46. The molecule has 2 rings (SSSR count). The minimum Gasteiger partial charge on any atom is -0.508 e. The maximum atomic E-state index is 9.28. The Labute approximate surface area is 127 Å². The molecule has 0 fully saturated rings. The van der Waals surface area contributed by atoms with Crippen molar-refractivity contribution in [2.75, 3.05) is 0 Å². The largest absolute Gasteiger partial charge is 0.508 e. The first-order valence-electron chi connectivity index (χ1n) is 7.62. The van der Waals surface area contributed by atoms with E-state index in [4.69, 9.17) is 0 Å². The lowest BCUT2D eigenvalue weighted by atomic mass is 10.0. The van der Waals surface area contributed by atoms with E-state index in [9.17, 15) is 5.11 Å². The molecule has 0 heterocycles. The molecule has 112 valence electrons. The maximum Gasteiger partial charge on any atom is 0.115 e. The molecule has 1 atom stereocenters. The first-order valence-corrected chi connectivity index (χ1v) is 7.62. The predicted molar refractivity (Wildman–Crippen MR) is 88.6 cm³/mol. The van der Waals surface area contributed by atoms with Crippen molar-refractivity contribution in [1.29, 1.82) is 0 Å². The molecule has 0 aliphatic heterocycles. The van der Waals surface area contributed by atoms with E-state index in [2.05, 4.69) is 44.3 Å². The molecule has 2 aromatic rings. The Hall–Kier alpha value is -1.80. The van der Waals surface area contributed by atoms with Gasteiger partial charge in [0.25, 0.3) is 0 Å². The van der Waals surface area contributed by atoms with E-state index in [1.165, 1.54) is 22.3 Å². The molecule has 2 heteroatoms. The molecule has 0 aliphatic rings. The van der Waals surface area contributed by atoms with Crippen molar-refractivity contribution in [3.8, 4) is 5.75 Å². The van der Waals surface area contributed by atoms with Crippen molar-refractivity contribution in [1.82, 2.24) is 5.32 Å². The fourth-order valence-electron chi connectivity index (χ4n) is 2.55. The summed E-state index contributed by atoms with van der Waals surface area (Å²) in [6.07, 6.45) is 2.12. The van der Waals surface area contributed by atoms with E-state index in [1.807, 2.05) is 12.1 Å². The van der Waals surface area contributed by atoms with Gasteiger partial charge in [0.2, 0.25) is 0 Å². The van der Waals surface area contributed by atoms with Crippen molar-refractivity contribution >= 4 is 0 Å². The van der Waals surface area contributed by atoms with E-state index in [0.717, 1.165) is 19.4 Å². The van der Waals surface area contributed by atoms with Crippen LogP contribution < -0.4 is 5.32 Å². The molecule has 0 saturated carbocycles. The van der Waals surface area contributed by atoms with Gasteiger partial charge in [-0.1, -0.05) is 30.3 Å². The number of phenolic OH excluding ortho intramolecular Hbond substituents is 1. The molecule has 2 N–H and O–H groups in total. The Morgan fingerprint density at radius 3 is 2.24 bits per heavy atom. The molecule has 21 heavy (non-hydrogen) atoms. The molecule has 0 saturated heterocycles. The topological polar surface area (TPSA) is 32.3 Å². The van der Waals surface area contributed by atoms with Gasteiger partial charge < -0.3 is 10.4 Å². The van der Waals surface area contributed by atoms with Crippen molar-refractivity contribution in [3.05, 3.63) is 64.7 Å². The fraction of sp³-hybridized carbons (Fsp3) is 0.368. The van der Waals surface area contributed by atoms with Gasteiger partial charge in [0.05, 0.1) is 0 Å². The summed E-state index contributed by atoms with van der Waals surface area (Å²) in [5, 5.41) is 12.9. The zero-order valence-electron chi connectivity index (χ0n) is 13.2. The lowest BCUT2D eigenvalue weighted by Crippen LogP contribution is -2.26. The molecule has 0 bridgehead atoms. The van der Waals surface area contributed by atoms with E-state index in [1.54, 1.807) is 12.1 Å². The van der Waals surface area contributed by atoms with Gasteiger partial charge in [-0.3, -0.25) is 0 Å². The van der Waals surface area contributed by atoms with Crippen molar-refractivity contribution in [2.24, 2.45) is 0 Å². The van der Waals surface area contributed by atoms with E-state index < -0.39 is 0 Å². The highest BCUT2D eigenvalue weighted by atomic mass is 16.3. The van der Waals surface area contributed by atoms with Crippen LogP contribution in [0.3, 0.4) is 0 Å². The van der Waals surface area contributed by atoms with E-state index in [-0.39, 0.29) is 0 Å². The Balaban J connectivity index is 1.82. The van der Waals surface area contributed by atoms with Crippen molar-refractivity contribution in [3.63, 3.8) is 0 Å². The fourth-order valence-corrected chi connectivity index (χ4v) is 2.55. The third-order valence-corrected chi connectivity index (χ3v) is 4.07. The second-order valence-electron chi connectivity index (χ2n) is 5.86. The highest BCUT2D eigenvalue weighted by Gasteiger charge is 2.06. The minimum atomic E-state index is 0.333. The summed E-state index contributed by atoms with van der Waals surface area (Å²) in [6.45, 7) is 7.50. The Morgan fingerprint density at radius 2 is 1.62 bits per heavy atom. The second-order valence-corrected chi connectivity index (χ2v) is 5.86. The van der Waals surface area contributed by atoms with Crippen molar-refractivity contribution < 1.29 is 5.11 Å². The van der Waals surface area contributed by atoms with Crippen LogP contribution in [0.1, 0.15) is 35.6 Å². The van der Waals surface area contributed by atoms with Gasteiger partial charge in [-0.05, 0) is 68.0 Å². The number of aromatic hydroxyl groups is 1. The average molecular weight is 283 g/mol. The quantitative estimate of drug-likeness (QED) is 0.836. The van der Waals surface area contributed by atoms with E-state index in [0.29, 0.717) is 11.8 Å². The molecule has 0 spiro atoms. The summed E-state index contributed by atoms with van der Waals surface area (Å²) >= 11 is 0. The van der Waals surface area contributed by atoms with Gasteiger partial charge in [0, 0.05) is 12.6 Å². The summed E-state index contributed by atoms with van der Waals surface area (Å²) < 4.78 is 0. The van der Waals surface area contributed by atoms with Crippen LogP contribution in [0.5, 0.6) is 5.75 Å². The summed E-state index contributed by atoms with van der Waals surface area (Å²) in [5.41, 5.74) is 5.39. The molecule has 2 nitrogen and oxygen atoms in total. The van der Waals surface area contributed by atoms with Gasteiger partial charge in [0.1, 0.15) is 5.75 Å². The van der Waals surface area contributed by atoms with Gasteiger partial charge in [-0.15, -0.1) is 0 Å². The summed E-state index contributed by atoms with van der Waals surface area (Å²) in [6, 6.07) is 14.4. The van der Waals surface area contributed by atoms with E-state index >= 15 is 0 Å². The van der Waals surface area contributed by atoms with Crippen LogP contribution in [-0.4, -0.2) is 11.1 Å². The van der Waals surface area contributed by atoms with Gasteiger partial charge >= 0.3 is 0 Å². The van der Waals surface area contributed by atoms with Crippen LogP contribution in [0.4, 0.5) is 0 Å². The third-order valence-electron chi connectivity index (χ3n) is 4.07. The molecular formula is C19H25NO. The van der Waals surface area contributed by atoms with Crippen LogP contribution in [0, 0.1) is 13.8 Å². The van der Waals surface area contributed by atoms with Gasteiger partial charge in [0.15, 0.2) is 0 Å². The zero-order chi connectivity index (χ0) is 15.2. The summed E-state index contributed by atoms with van der Waals surface area (Å²) in [7, 11) is 0. The summed E-state index contributed by atoms with van der Waals surface area (Å²) in [5.74, 6) is 0.333. The monoisotopic (exact) mass is 283 g/mol. The van der Waals surface area contributed by atoms with Gasteiger partial charge in [-0.2, -0.15) is 0 Å². The lowest BCUT2D eigenvalue weighted by molar-refractivity contribution is 0.474. The molecule has 0 amide bonds. The Morgan fingerprint density at radius 1 is 1.00 bits per heavy atom. The minimum absolute atomic E-state index is 0.333. The molecule has 0 radical (unpaired) electrons.